The van der Waals surface area contributed by atoms with Gasteiger partial charge in [0.25, 0.3) is 0 Å². The molecule has 1 heterocycles. The van der Waals surface area contributed by atoms with Gasteiger partial charge in [0, 0.05) is 19.0 Å². The molecule has 5 nitrogen and oxygen atoms in total. The molecule has 122 valence electrons. The van der Waals surface area contributed by atoms with Crippen LogP contribution in [0.1, 0.15) is 31.2 Å². The average molecular weight is 328 g/mol. The third-order valence-corrected chi connectivity index (χ3v) is 4.76. The molecule has 1 fully saturated rings. The van der Waals surface area contributed by atoms with Gasteiger partial charge in [-0.05, 0) is 43.4 Å². The minimum Gasteiger partial charge on any atom is -0.339 e. The number of hydrogen-bond acceptors (Lipinski definition) is 3. The summed E-state index contributed by atoms with van der Waals surface area (Å²) in [5.74, 6) is -0.478. The minimum absolute atomic E-state index is 0.0340. The van der Waals surface area contributed by atoms with Crippen molar-refractivity contribution in [3.8, 4) is 0 Å². The van der Waals surface area contributed by atoms with Crippen molar-refractivity contribution in [2.75, 3.05) is 12.3 Å². The van der Waals surface area contributed by atoms with Gasteiger partial charge < -0.3 is 4.90 Å². The zero-order chi connectivity index (χ0) is 16.2. The molecule has 1 aliphatic heterocycles. The summed E-state index contributed by atoms with van der Waals surface area (Å²) in [6.07, 6.45) is 2.99. The van der Waals surface area contributed by atoms with Crippen molar-refractivity contribution >= 4 is 15.9 Å². The van der Waals surface area contributed by atoms with Crippen LogP contribution in [-0.4, -0.2) is 37.6 Å². The molecule has 0 aromatic heterocycles. The van der Waals surface area contributed by atoms with Crippen molar-refractivity contribution in [1.29, 1.82) is 0 Å². The summed E-state index contributed by atoms with van der Waals surface area (Å²) in [6, 6.07) is 6.41. The first kappa shape index (κ1) is 16.9. The molecule has 2 rings (SSSR count). The third-order valence-electron chi connectivity index (χ3n) is 3.90. The summed E-state index contributed by atoms with van der Waals surface area (Å²) in [5.41, 5.74) is 0.996. The van der Waals surface area contributed by atoms with E-state index >= 15 is 0 Å². The summed E-state index contributed by atoms with van der Waals surface area (Å²) in [7, 11) is -3.52. The first-order valence-corrected chi connectivity index (χ1v) is 9.11. The Kier molecular flexibility index (Phi) is 5.52. The summed E-state index contributed by atoms with van der Waals surface area (Å²) in [4.78, 5) is 14.0. The van der Waals surface area contributed by atoms with Gasteiger partial charge in [0.15, 0.2) is 0 Å². The number of sulfonamides is 1. The Bertz CT molecular complexity index is 616. The lowest BCUT2D eigenvalue weighted by molar-refractivity contribution is -0.132. The molecule has 0 bridgehead atoms. The summed E-state index contributed by atoms with van der Waals surface area (Å²) < 4.78 is 34.7. The van der Waals surface area contributed by atoms with Crippen LogP contribution in [0.5, 0.6) is 0 Å². The van der Waals surface area contributed by atoms with Crippen LogP contribution >= 0.6 is 0 Å². The summed E-state index contributed by atoms with van der Waals surface area (Å²) >= 11 is 0. The average Bonchev–Trinajstić information content (AvgIpc) is 2.88. The molecule has 1 aromatic rings. The second-order valence-corrected chi connectivity index (χ2v) is 7.42. The Morgan fingerprint density at radius 2 is 2.00 bits per heavy atom. The number of benzene rings is 1. The Morgan fingerprint density at radius 3 is 2.64 bits per heavy atom. The van der Waals surface area contributed by atoms with Crippen LogP contribution < -0.4 is 5.14 Å². The van der Waals surface area contributed by atoms with Crippen molar-refractivity contribution in [3.63, 3.8) is 0 Å². The topological polar surface area (TPSA) is 80.5 Å². The molecule has 0 saturated carbocycles. The number of likely N-dealkylation sites (tertiary alicyclic amines) is 1. The number of primary sulfonamides is 1. The lowest BCUT2D eigenvalue weighted by Gasteiger charge is -2.25. The highest BCUT2D eigenvalue weighted by Crippen LogP contribution is 2.22. The van der Waals surface area contributed by atoms with Crippen molar-refractivity contribution in [2.24, 2.45) is 5.14 Å². The number of hydrogen-bond donors (Lipinski definition) is 1. The third kappa shape index (κ3) is 5.06. The second kappa shape index (κ2) is 7.19. The molecular formula is C15H21FN2O3S. The normalized spacial score (nSPS) is 18.6. The van der Waals surface area contributed by atoms with Crippen LogP contribution in [0.2, 0.25) is 0 Å². The molecule has 22 heavy (non-hydrogen) atoms. The quantitative estimate of drug-likeness (QED) is 0.858. The number of nitrogens with zero attached hydrogens (tertiary/aromatic N) is 1. The number of amides is 1. The lowest BCUT2D eigenvalue weighted by atomic mass is 10.0. The number of nitrogens with two attached hydrogens (primary N) is 1. The predicted octanol–water partition coefficient (Wildman–Crippen LogP) is 1.43. The Hall–Kier alpha value is -1.47. The maximum Gasteiger partial charge on any atom is 0.222 e. The van der Waals surface area contributed by atoms with Crippen molar-refractivity contribution in [2.45, 2.75) is 38.1 Å². The molecule has 1 amide bonds. The highest BCUT2D eigenvalue weighted by atomic mass is 32.2. The lowest BCUT2D eigenvalue weighted by Crippen LogP contribution is -2.37. The predicted molar refractivity (Wildman–Crippen MR) is 82.0 cm³/mol. The van der Waals surface area contributed by atoms with Crippen LogP contribution in [-0.2, 0) is 21.2 Å². The van der Waals surface area contributed by atoms with Crippen LogP contribution in [0.25, 0.3) is 0 Å². The molecule has 0 aliphatic carbocycles. The fourth-order valence-electron chi connectivity index (χ4n) is 2.84. The van der Waals surface area contributed by atoms with Crippen LogP contribution in [0.15, 0.2) is 24.3 Å². The van der Waals surface area contributed by atoms with Crippen molar-refractivity contribution in [1.82, 2.24) is 4.90 Å². The molecule has 1 aliphatic rings. The number of rotatable bonds is 6. The van der Waals surface area contributed by atoms with Crippen molar-refractivity contribution in [3.05, 3.63) is 35.6 Å². The van der Waals surface area contributed by atoms with E-state index < -0.39 is 10.0 Å². The fourth-order valence-corrected chi connectivity index (χ4v) is 3.38. The first-order valence-electron chi connectivity index (χ1n) is 7.39. The maximum absolute atomic E-state index is 12.9. The first-order chi connectivity index (χ1) is 10.3. The monoisotopic (exact) mass is 328 g/mol. The Labute approximate surface area is 130 Å². The van der Waals surface area contributed by atoms with Gasteiger partial charge in [-0.1, -0.05) is 12.1 Å². The van der Waals surface area contributed by atoms with Gasteiger partial charge in [-0.25, -0.2) is 17.9 Å². The molecule has 1 unspecified atom stereocenters. The van der Waals surface area contributed by atoms with Crippen molar-refractivity contribution < 1.29 is 17.6 Å². The molecule has 1 aromatic carbocycles. The molecular weight excluding hydrogens is 307 g/mol. The largest absolute Gasteiger partial charge is 0.339 e. The number of halogens is 1. The Morgan fingerprint density at radius 1 is 1.32 bits per heavy atom. The summed E-state index contributed by atoms with van der Waals surface area (Å²) in [5, 5.41) is 4.93. The minimum atomic E-state index is -3.52. The van der Waals surface area contributed by atoms with Gasteiger partial charge in [0.05, 0.1) is 5.75 Å². The van der Waals surface area contributed by atoms with E-state index in [0.717, 1.165) is 18.4 Å². The SMILES string of the molecule is NS(=O)(=O)CCCC(=O)N1CCCC1Cc1ccc(F)cc1. The molecule has 1 saturated heterocycles. The van der Waals surface area contributed by atoms with Crippen LogP contribution in [0.3, 0.4) is 0 Å². The smallest absolute Gasteiger partial charge is 0.222 e. The maximum atomic E-state index is 12.9. The van der Waals surface area contributed by atoms with E-state index in [1.165, 1.54) is 12.1 Å². The van der Waals surface area contributed by atoms with Gasteiger partial charge in [-0.2, -0.15) is 0 Å². The number of carbonyl (C=O) groups is 1. The summed E-state index contributed by atoms with van der Waals surface area (Å²) in [6.45, 7) is 0.695. The van der Waals surface area contributed by atoms with E-state index in [0.29, 0.717) is 13.0 Å². The van der Waals surface area contributed by atoms with Gasteiger partial charge in [0.1, 0.15) is 5.82 Å². The van der Waals surface area contributed by atoms with E-state index in [4.69, 9.17) is 5.14 Å². The standard InChI is InChI=1S/C15H21FN2O3S/c16-13-7-5-12(6-8-13)11-14-3-1-9-18(14)15(19)4-2-10-22(17,20)21/h5-8,14H,1-4,9-11H2,(H2,17,20,21). The zero-order valence-electron chi connectivity index (χ0n) is 12.4. The second-order valence-electron chi connectivity index (χ2n) is 5.68. The molecule has 1 atom stereocenters. The highest BCUT2D eigenvalue weighted by molar-refractivity contribution is 7.89. The van der Waals surface area contributed by atoms with Gasteiger partial charge in [-0.3, -0.25) is 4.79 Å². The van der Waals surface area contributed by atoms with E-state index in [1.54, 1.807) is 12.1 Å². The highest BCUT2D eigenvalue weighted by Gasteiger charge is 2.28. The fraction of sp³-hybridized carbons (Fsp3) is 0.533. The van der Waals surface area contributed by atoms with Gasteiger partial charge in [-0.15, -0.1) is 0 Å². The van der Waals surface area contributed by atoms with Crippen LogP contribution in [0.4, 0.5) is 4.39 Å². The molecule has 0 radical (unpaired) electrons. The zero-order valence-corrected chi connectivity index (χ0v) is 13.2. The van der Waals surface area contributed by atoms with E-state index in [9.17, 15) is 17.6 Å². The van der Waals surface area contributed by atoms with Gasteiger partial charge >= 0.3 is 0 Å². The van der Waals surface area contributed by atoms with Crippen LogP contribution in [0, 0.1) is 5.82 Å². The Balaban J connectivity index is 1.89. The van der Waals surface area contributed by atoms with Gasteiger partial charge in [0.2, 0.25) is 15.9 Å². The van der Waals surface area contributed by atoms with E-state index in [-0.39, 0.29) is 36.4 Å². The molecule has 0 spiro atoms. The van der Waals surface area contributed by atoms with E-state index in [1.807, 2.05) is 4.90 Å². The molecule has 2 N–H and O–H groups in total. The van der Waals surface area contributed by atoms with E-state index in [2.05, 4.69) is 0 Å². The number of carbonyl (C=O) groups excluding carboxylic acids is 1. The molecule has 7 heteroatoms.